The summed E-state index contributed by atoms with van der Waals surface area (Å²) in [6.45, 7) is 5.60. The molecule has 1 saturated heterocycles. The van der Waals surface area contributed by atoms with Crippen LogP contribution in [0.15, 0.2) is 40.2 Å². The number of imidazole rings is 1. The van der Waals surface area contributed by atoms with E-state index in [-0.39, 0.29) is 29.7 Å². The molecule has 0 aliphatic carbocycles. The summed E-state index contributed by atoms with van der Waals surface area (Å²) in [6, 6.07) is 7.91. The van der Waals surface area contributed by atoms with Crippen LogP contribution in [0.3, 0.4) is 0 Å². The lowest BCUT2D eigenvalue weighted by Crippen LogP contribution is -2.44. The molecule has 1 unspecified atom stereocenters. The molecule has 0 spiro atoms. The molecule has 1 fully saturated rings. The van der Waals surface area contributed by atoms with E-state index in [1.807, 2.05) is 31.2 Å². The number of benzene rings is 1. The molecule has 4 rings (SSSR count). The number of morpholine rings is 1. The quantitative estimate of drug-likeness (QED) is 0.576. The maximum absolute atomic E-state index is 13.0. The van der Waals surface area contributed by atoms with Gasteiger partial charge in [-0.05, 0) is 12.5 Å². The van der Waals surface area contributed by atoms with E-state index in [4.69, 9.17) is 4.74 Å². The highest BCUT2D eigenvalue weighted by Gasteiger charge is 2.22. The predicted molar refractivity (Wildman–Crippen MR) is 120 cm³/mol. The van der Waals surface area contributed by atoms with Crippen molar-refractivity contribution >= 4 is 17.1 Å². The minimum absolute atomic E-state index is 0.0740. The third kappa shape index (κ3) is 4.37. The molecule has 1 aliphatic rings. The van der Waals surface area contributed by atoms with Crippen LogP contribution in [-0.2, 0) is 30.2 Å². The molecular formula is C22H28N6O4. The van der Waals surface area contributed by atoms with E-state index in [2.05, 4.69) is 15.2 Å². The van der Waals surface area contributed by atoms with Gasteiger partial charge in [-0.1, -0.05) is 29.8 Å². The number of nitrogens with one attached hydrogen (secondary N) is 1. The third-order valence-corrected chi connectivity index (χ3v) is 5.89. The number of hydrogen-bond acceptors (Lipinski definition) is 6. The van der Waals surface area contributed by atoms with Crippen LogP contribution >= 0.6 is 0 Å². The number of nitrogens with zero attached hydrogens (tertiary/aromatic N) is 5. The molecule has 2 aromatic heterocycles. The van der Waals surface area contributed by atoms with Gasteiger partial charge in [-0.3, -0.25) is 23.6 Å². The molecule has 1 N–H and O–H groups in total. The van der Waals surface area contributed by atoms with Gasteiger partial charge < -0.3 is 14.6 Å². The zero-order valence-electron chi connectivity index (χ0n) is 18.6. The zero-order valence-corrected chi connectivity index (χ0v) is 18.6. The van der Waals surface area contributed by atoms with Gasteiger partial charge in [0.25, 0.3) is 5.56 Å². The van der Waals surface area contributed by atoms with Gasteiger partial charge in [0.15, 0.2) is 11.2 Å². The second-order valence-electron chi connectivity index (χ2n) is 8.19. The van der Waals surface area contributed by atoms with E-state index in [0.717, 1.165) is 28.8 Å². The zero-order chi connectivity index (χ0) is 22.8. The van der Waals surface area contributed by atoms with Crippen molar-refractivity contribution in [1.82, 2.24) is 28.9 Å². The fraction of sp³-hybridized carbons (Fsp3) is 0.455. The van der Waals surface area contributed by atoms with Crippen LogP contribution in [-0.4, -0.2) is 62.3 Å². The number of amides is 1. The molecule has 10 nitrogen and oxygen atoms in total. The Morgan fingerprint density at radius 1 is 1.12 bits per heavy atom. The minimum atomic E-state index is -0.475. The first-order valence-corrected chi connectivity index (χ1v) is 10.6. The molecule has 1 aliphatic heterocycles. The van der Waals surface area contributed by atoms with Crippen molar-refractivity contribution in [2.24, 2.45) is 14.1 Å². The molecule has 0 saturated carbocycles. The first-order valence-electron chi connectivity index (χ1n) is 10.6. The first kappa shape index (κ1) is 22.0. The molecule has 3 aromatic rings. The number of hydrogen-bond donors (Lipinski definition) is 1. The van der Waals surface area contributed by atoms with Crippen molar-refractivity contribution in [3.05, 3.63) is 62.6 Å². The summed E-state index contributed by atoms with van der Waals surface area (Å²) >= 11 is 0. The summed E-state index contributed by atoms with van der Waals surface area (Å²) in [5, 5.41) is 3.12. The smallest absolute Gasteiger partial charge is 0.332 e. The lowest BCUT2D eigenvalue weighted by Gasteiger charge is -2.31. The fourth-order valence-electron chi connectivity index (χ4n) is 3.99. The van der Waals surface area contributed by atoms with Crippen LogP contribution in [0.5, 0.6) is 0 Å². The van der Waals surface area contributed by atoms with Crippen LogP contribution in [0.25, 0.3) is 11.2 Å². The normalized spacial score (nSPS) is 15.7. The van der Waals surface area contributed by atoms with Crippen molar-refractivity contribution in [2.75, 3.05) is 32.8 Å². The SMILES string of the molecule is Cc1ccc(C(CN2CCOCC2)NC(=O)Cn2cnc3c2c(=O)n(C)c(=O)n3C)cc1. The lowest BCUT2D eigenvalue weighted by molar-refractivity contribution is -0.122. The van der Waals surface area contributed by atoms with Gasteiger partial charge in [0.1, 0.15) is 6.54 Å². The van der Waals surface area contributed by atoms with Gasteiger partial charge in [0, 0.05) is 33.7 Å². The Bertz CT molecular complexity index is 1230. The first-order chi connectivity index (χ1) is 15.3. The van der Waals surface area contributed by atoms with Gasteiger partial charge in [-0.2, -0.15) is 0 Å². The molecule has 10 heteroatoms. The highest BCUT2D eigenvalue weighted by molar-refractivity contribution is 5.79. The third-order valence-electron chi connectivity index (χ3n) is 5.89. The van der Waals surface area contributed by atoms with E-state index in [1.54, 1.807) is 7.05 Å². The van der Waals surface area contributed by atoms with Crippen molar-refractivity contribution in [3.63, 3.8) is 0 Å². The van der Waals surface area contributed by atoms with Crippen LogP contribution < -0.4 is 16.6 Å². The van der Waals surface area contributed by atoms with E-state index in [0.29, 0.717) is 19.8 Å². The average Bonchev–Trinajstić information content (AvgIpc) is 3.20. The van der Waals surface area contributed by atoms with Gasteiger partial charge >= 0.3 is 5.69 Å². The molecular weight excluding hydrogens is 412 g/mol. The van der Waals surface area contributed by atoms with Gasteiger partial charge in [0.2, 0.25) is 5.91 Å². The Labute approximate surface area is 185 Å². The monoisotopic (exact) mass is 440 g/mol. The van der Waals surface area contributed by atoms with Gasteiger partial charge in [0.05, 0.1) is 25.6 Å². The summed E-state index contributed by atoms with van der Waals surface area (Å²) in [4.78, 5) is 44.2. The molecule has 0 bridgehead atoms. The number of ether oxygens (including phenoxy) is 1. The molecule has 1 atom stereocenters. The minimum Gasteiger partial charge on any atom is -0.379 e. The lowest BCUT2D eigenvalue weighted by atomic mass is 10.0. The largest absolute Gasteiger partial charge is 0.379 e. The average molecular weight is 441 g/mol. The van der Waals surface area contributed by atoms with Crippen molar-refractivity contribution in [3.8, 4) is 0 Å². The van der Waals surface area contributed by atoms with E-state index in [9.17, 15) is 14.4 Å². The molecule has 170 valence electrons. The van der Waals surface area contributed by atoms with Crippen molar-refractivity contribution in [2.45, 2.75) is 19.5 Å². The van der Waals surface area contributed by atoms with E-state index < -0.39 is 11.2 Å². The predicted octanol–water partition coefficient (Wildman–Crippen LogP) is -0.0682. The molecule has 1 aromatic carbocycles. The summed E-state index contributed by atoms with van der Waals surface area (Å²) in [6.07, 6.45) is 1.42. The number of fused-ring (bicyclic) bond motifs is 1. The molecule has 3 heterocycles. The summed E-state index contributed by atoms with van der Waals surface area (Å²) < 4.78 is 9.26. The Balaban J connectivity index is 1.58. The second kappa shape index (κ2) is 9.09. The molecule has 1 amide bonds. The van der Waals surface area contributed by atoms with Crippen LogP contribution in [0.1, 0.15) is 17.2 Å². The van der Waals surface area contributed by atoms with Crippen LogP contribution in [0.2, 0.25) is 0 Å². The second-order valence-corrected chi connectivity index (χ2v) is 8.19. The van der Waals surface area contributed by atoms with Crippen molar-refractivity contribution in [1.29, 1.82) is 0 Å². The summed E-state index contributed by atoms with van der Waals surface area (Å²) in [5.74, 6) is -0.237. The van der Waals surface area contributed by atoms with E-state index >= 15 is 0 Å². The number of rotatable bonds is 6. The highest BCUT2D eigenvalue weighted by Crippen LogP contribution is 2.17. The number of aryl methyl sites for hydroxylation is 2. The summed E-state index contributed by atoms with van der Waals surface area (Å²) in [7, 11) is 2.97. The van der Waals surface area contributed by atoms with Gasteiger partial charge in [-0.25, -0.2) is 9.78 Å². The maximum atomic E-state index is 13.0. The van der Waals surface area contributed by atoms with Gasteiger partial charge in [-0.15, -0.1) is 0 Å². The Kier molecular flexibility index (Phi) is 6.24. The fourth-order valence-corrected chi connectivity index (χ4v) is 3.99. The standard InChI is InChI=1S/C22H28N6O4/c1-15-4-6-16(7-5-15)17(12-27-8-10-32-11-9-27)24-18(29)13-28-14-23-20-19(28)21(30)26(3)22(31)25(20)2/h4-7,14,17H,8-13H2,1-3H3,(H,24,29). The van der Waals surface area contributed by atoms with E-state index in [1.165, 1.54) is 22.5 Å². The Morgan fingerprint density at radius 3 is 2.50 bits per heavy atom. The summed E-state index contributed by atoms with van der Waals surface area (Å²) in [5.41, 5.74) is 1.72. The van der Waals surface area contributed by atoms with Crippen LogP contribution in [0, 0.1) is 6.92 Å². The number of carbonyl (C=O) groups is 1. The van der Waals surface area contributed by atoms with Crippen molar-refractivity contribution < 1.29 is 9.53 Å². The Hall–Kier alpha value is -3.24. The number of carbonyl (C=O) groups excluding carboxylic acids is 1. The number of aromatic nitrogens is 4. The Morgan fingerprint density at radius 2 is 1.81 bits per heavy atom. The topological polar surface area (TPSA) is 103 Å². The highest BCUT2D eigenvalue weighted by atomic mass is 16.5. The maximum Gasteiger partial charge on any atom is 0.332 e. The molecule has 32 heavy (non-hydrogen) atoms. The van der Waals surface area contributed by atoms with Crippen LogP contribution in [0.4, 0.5) is 0 Å². The molecule has 0 radical (unpaired) electrons.